The van der Waals surface area contributed by atoms with E-state index in [9.17, 15) is 4.79 Å². The van der Waals surface area contributed by atoms with Gasteiger partial charge in [0.15, 0.2) is 0 Å². The molecule has 3 aromatic rings. The number of aryl methyl sites for hydroxylation is 1. The summed E-state index contributed by atoms with van der Waals surface area (Å²) in [6, 6.07) is 24.5. The van der Waals surface area contributed by atoms with Gasteiger partial charge in [-0.15, -0.1) is 0 Å². The predicted octanol–water partition coefficient (Wildman–Crippen LogP) is 5.79. The van der Waals surface area contributed by atoms with Crippen LogP contribution in [0.1, 0.15) is 41.3 Å². The molecule has 0 fully saturated rings. The highest BCUT2D eigenvalue weighted by molar-refractivity contribution is 5.91. The lowest BCUT2D eigenvalue weighted by atomic mass is 10.0. The third-order valence-corrected chi connectivity index (χ3v) is 4.42. The molecule has 0 aliphatic rings. The van der Waals surface area contributed by atoms with Crippen LogP contribution in [0.2, 0.25) is 0 Å². The van der Waals surface area contributed by atoms with Crippen molar-refractivity contribution in [3.63, 3.8) is 0 Å². The average molecular weight is 355 g/mol. The molecule has 0 aromatic heterocycles. The van der Waals surface area contributed by atoms with Gasteiger partial charge in [-0.1, -0.05) is 49.7 Å². The number of carbonyl (C=O) groups is 1. The van der Waals surface area contributed by atoms with Crippen LogP contribution in [-0.4, -0.2) is 5.97 Å². The Kier molecular flexibility index (Phi) is 6.02. The van der Waals surface area contributed by atoms with E-state index in [0.717, 1.165) is 17.5 Å². The molecule has 0 heterocycles. The van der Waals surface area contributed by atoms with Crippen LogP contribution in [0.3, 0.4) is 0 Å². The highest BCUT2D eigenvalue weighted by atomic mass is 16.5. The molecule has 0 aliphatic carbocycles. The predicted molar refractivity (Wildman–Crippen MR) is 107 cm³/mol. The second kappa shape index (κ2) is 8.82. The van der Waals surface area contributed by atoms with Crippen LogP contribution in [0.4, 0.5) is 0 Å². The SMILES string of the molecule is CCCCc1ccc(-c2ccc(C(=O)Oc3ccc(C#N)cc3)cc2)cc1. The molecule has 0 spiro atoms. The van der Waals surface area contributed by atoms with Gasteiger partial charge in [-0.3, -0.25) is 0 Å². The van der Waals surface area contributed by atoms with Gasteiger partial charge in [0.05, 0.1) is 17.2 Å². The van der Waals surface area contributed by atoms with E-state index in [0.29, 0.717) is 16.9 Å². The molecule has 27 heavy (non-hydrogen) atoms. The number of ether oxygens (including phenoxy) is 1. The molecule has 3 rings (SSSR count). The van der Waals surface area contributed by atoms with Gasteiger partial charge in [0.25, 0.3) is 0 Å². The Labute approximate surface area is 159 Å². The van der Waals surface area contributed by atoms with Crippen LogP contribution in [0.5, 0.6) is 5.75 Å². The summed E-state index contributed by atoms with van der Waals surface area (Å²) in [6.45, 7) is 2.20. The summed E-state index contributed by atoms with van der Waals surface area (Å²) in [7, 11) is 0. The van der Waals surface area contributed by atoms with E-state index in [1.807, 2.05) is 18.2 Å². The van der Waals surface area contributed by atoms with Crippen LogP contribution < -0.4 is 4.74 Å². The molecule has 0 amide bonds. The van der Waals surface area contributed by atoms with Crippen molar-refractivity contribution in [3.05, 3.63) is 89.5 Å². The number of carbonyl (C=O) groups excluding carboxylic acids is 1. The normalized spacial score (nSPS) is 10.2. The Morgan fingerprint density at radius 3 is 2.04 bits per heavy atom. The monoisotopic (exact) mass is 355 g/mol. The molecule has 0 unspecified atom stereocenters. The van der Waals surface area contributed by atoms with Crippen molar-refractivity contribution in [3.8, 4) is 22.9 Å². The molecule has 3 nitrogen and oxygen atoms in total. The summed E-state index contributed by atoms with van der Waals surface area (Å²) in [5.41, 5.74) is 4.56. The molecule has 0 radical (unpaired) electrons. The second-order valence-electron chi connectivity index (χ2n) is 6.40. The topological polar surface area (TPSA) is 50.1 Å². The lowest BCUT2D eigenvalue weighted by Gasteiger charge is -2.07. The van der Waals surface area contributed by atoms with Crippen molar-refractivity contribution in [1.82, 2.24) is 0 Å². The first-order valence-electron chi connectivity index (χ1n) is 9.11. The number of unbranched alkanes of at least 4 members (excludes halogenated alkanes) is 1. The lowest BCUT2D eigenvalue weighted by Crippen LogP contribution is -2.08. The summed E-state index contributed by atoms with van der Waals surface area (Å²) in [5.74, 6) is 0.00640. The van der Waals surface area contributed by atoms with Crippen molar-refractivity contribution >= 4 is 5.97 Å². The molecule has 0 bridgehead atoms. The maximum Gasteiger partial charge on any atom is 0.343 e. The van der Waals surface area contributed by atoms with Gasteiger partial charge < -0.3 is 4.74 Å². The first-order valence-corrected chi connectivity index (χ1v) is 9.11. The van der Waals surface area contributed by atoms with Crippen molar-refractivity contribution in [2.75, 3.05) is 0 Å². The number of hydrogen-bond acceptors (Lipinski definition) is 3. The van der Waals surface area contributed by atoms with E-state index in [1.165, 1.54) is 18.4 Å². The van der Waals surface area contributed by atoms with E-state index in [2.05, 4.69) is 31.2 Å². The van der Waals surface area contributed by atoms with Crippen LogP contribution in [0.25, 0.3) is 11.1 Å². The lowest BCUT2D eigenvalue weighted by molar-refractivity contribution is 0.0735. The zero-order valence-corrected chi connectivity index (χ0v) is 15.3. The van der Waals surface area contributed by atoms with Gasteiger partial charge >= 0.3 is 5.97 Å². The standard InChI is InChI=1S/C24H21NO2/c1-2-3-4-18-5-9-20(10-6-18)21-11-13-22(14-12-21)24(26)27-23-15-7-19(17-25)8-16-23/h5-16H,2-4H2,1H3. The van der Waals surface area contributed by atoms with Crippen LogP contribution in [0.15, 0.2) is 72.8 Å². The van der Waals surface area contributed by atoms with E-state index in [4.69, 9.17) is 10.00 Å². The number of rotatable bonds is 6. The molecule has 0 atom stereocenters. The van der Waals surface area contributed by atoms with Crippen molar-refractivity contribution < 1.29 is 9.53 Å². The van der Waals surface area contributed by atoms with Gasteiger partial charge in [-0.2, -0.15) is 5.26 Å². The molecule has 3 aromatic carbocycles. The van der Waals surface area contributed by atoms with Crippen LogP contribution >= 0.6 is 0 Å². The minimum absolute atomic E-state index is 0.416. The van der Waals surface area contributed by atoms with Gasteiger partial charge in [0, 0.05) is 0 Å². The molecule has 0 saturated carbocycles. The first-order chi connectivity index (χ1) is 13.2. The Morgan fingerprint density at radius 1 is 0.889 bits per heavy atom. The Hall–Kier alpha value is -3.38. The number of nitrogens with zero attached hydrogens (tertiary/aromatic N) is 1. The quantitative estimate of drug-likeness (QED) is 0.415. The maximum absolute atomic E-state index is 12.3. The highest BCUT2D eigenvalue weighted by Gasteiger charge is 2.09. The van der Waals surface area contributed by atoms with E-state index in [-0.39, 0.29) is 0 Å². The number of nitriles is 1. The zero-order valence-electron chi connectivity index (χ0n) is 15.3. The fourth-order valence-corrected chi connectivity index (χ4v) is 2.81. The molecule has 0 N–H and O–H groups in total. The molecule has 3 heteroatoms. The number of benzene rings is 3. The van der Waals surface area contributed by atoms with Crippen molar-refractivity contribution in [2.45, 2.75) is 26.2 Å². The maximum atomic E-state index is 12.3. The Bertz CT molecular complexity index is 934. The Morgan fingerprint density at radius 2 is 1.48 bits per heavy atom. The molecule has 134 valence electrons. The van der Waals surface area contributed by atoms with E-state index < -0.39 is 5.97 Å². The Balaban J connectivity index is 1.67. The summed E-state index contributed by atoms with van der Waals surface area (Å²) in [5, 5.41) is 8.80. The van der Waals surface area contributed by atoms with Crippen molar-refractivity contribution in [1.29, 1.82) is 5.26 Å². The summed E-state index contributed by atoms with van der Waals surface area (Å²) in [6.07, 6.45) is 3.51. The minimum atomic E-state index is -0.416. The molecular weight excluding hydrogens is 334 g/mol. The van der Waals surface area contributed by atoms with Crippen LogP contribution in [-0.2, 0) is 6.42 Å². The molecule has 0 saturated heterocycles. The minimum Gasteiger partial charge on any atom is -0.423 e. The first kappa shape index (κ1) is 18.4. The largest absolute Gasteiger partial charge is 0.423 e. The zero-order chi connectivity index (χ0) is 19.1. The van der Waals surface area contributed by atoms with Gasteiger partial charge in [-0.05, 0) is 65.9 Å². The van der Waals surface area contributed by atoms with Gasteiger partial charge in [0.2, 0.25) is 0 Å². The fraction of sp³-hybridized carbons (Fsp3) is 0.167. The third-order valence-electron chi connectivity index (χ3n) is 4.42. The summed E-state index contributed by atoms with van der Waals surface area (Å²) >= 11 is 0. The second-order valence-corrected chi connectivity index (χ2v) is 6.40. The molecule has 0 aliphatic heterocycles. The van der Waals surface area contributed by atoms with Crippen molar-refractivity contribution in [2.24, 2.45) is 0 Å². The smallest absolute Gasteiger partial charge is 0.343 e. The summed E-state index contributed by atoms with van der Waals surface area (Å²) < 4.78 is 5.35. The van der Waals surface area contributed by atoms with E-state index in [1.54, 1.807) is 36.4 Å². The fourth-order valence-electron chi connectivity index (χ4n) is 2.81. The van der Waals surface area contributed by atoms with Gasteiger partial charge in [-0.25, -0.2) is 4.79 Å². The third kappa shape index (κ3) is 4.83. The number of hydrogen-bond donors (Lipinski definition) is 0. The average Bonchev–Trinajstić information content (AvgIpc) is 2.73. The molecular formula is C24H21NO2. The summed E-state index contributed by atoms with van der Waals surface area (Å²) in [4.78, 5) is 12.3. The van der Waals surface area contributed by atoms with Crippen LogP contribution in [0, 0.1) is 11.3 Å². The van der Waals surface area contributed by atoms with Gasteiger partial charge in [0.1, 0.15) is 5.75 Å². The highest BCUT2D eigenvalue weighted by Crippen LogP contribution is 2.22. The number of esters is 1. The van der Waals surface area contributed by atoms with E-state index >= 15 is 0 Å².